The lowest BCUT2D eigenvalue weighted by atomic mass is 10.2. The Morgan fingerprint density at radius 3 is 2.88 bits per heavy atom. The summed E-state index contributed by atoms with van der Waals surface area (Å²) < 4.78 is 4.60. The first kappa shape index (κ1) is 11.6. The molecule has 0 unspecified atom stereocenters. The molecule has 0 fully saturated rings. The van der Waals surface area contributed by atoms with Gasteiger partial charge < -0.3 is 10.1 Å². The van der Waals surface area contributed by atoms with E-state index in [0.29, 0.717) is 10.8 Å². The Morgan fingerprint density at radius 1 is 1.41 bits per heavy atom. The van der Waals surface area contributed by atoms with Crippen LogP contribution in [0.5, 0.6) is 0 Å². The average molecular weight is 248 g/mol. The smallest absolute Gasteiger partial charge is 0.357 e. The molecule has 88 valence electrons. The van der Waals surface area contributed by atoms with E-state index in [1.165, 1.54) is 18.4 Å². The van der Waals surface area contributed by atoms with E-state index in [0.717, 1.165) is 11.3 Å². The minimum absolute atomic E-state index is 0.327. The minimum Gasteiger partial charge on any atom is -0.464 e. The van der Waals surface area contributed by atoms with Gasteiger partial charge in [-0.2, -0.15) is 0 Å². The summed E-state index contributed by atoms with van der Waals surface area (Å²) in [4.78, 5) is 15.4. The summed E-state index contributed by atoms with van der Waals surface area (Å²) in [7, 11) is 1.34. The third-order valence-corrected chi connectivity index (χ3v) is 3.04. The van der Waals surface area contributed by atoms with E-state index in [2.05, 4.69) is 15.0 Å². The second-order valence-corrected chi connectivity index (χ2v) is 4.33. The number of anilines is 2. The van der Waals surface area contributed by atoms with E-state index in [9.17, 15) is 4.79 Å². The van der Waals surface area contributed by atoms with Crippen LogP contribution in [0.4, 0.5) is 10.8 Å². The van der Waals surface area contributed by atoms with Gasteiger partial charge in [0.25, 0.3) is 0 Å². The number of esters is 1. The molecule has 5 heteroatoms. The van der Waals surface area contributed by atoms with Crippen molar-refractivity contribution in [2.45, 2.75) is 6.92 Å². The van der Waals surface area contributed by atoms with Crippen LogP contribution in [0.3, 0.4) is 0 Å². The van der Waals surface area contributed by atoms with Crippen LogP contribution >= 0.6 is 11.3 Å². The molecule has 1 aromatic heterocycles. The molecule has 1 aromatic carbocycles. The van der Waals surface area contributed by atoms with E-state index < -0.39 is 5.97 Å². The number of hydrogen-bond acceptors (Lipinski definition) is 5. The Kier molecular flexibility index (Phi) is 3.39. The lowest BCUT2D eigenvalue weighted by Crippen LogP contribution is -2.01. The first-order valence-corrected chi connectivity index (χ1v) is 5.95. The van der Waals surface area contributed by atoms with Gasteiger partial charge in [-0.3, -0.25) is 0 Å². The highest BCUT2D eigenvalue weighted by molar-refractivity contribution is 7.14. The largest absolute Gasteiger partial charge is 0.464 e. The van der Waals surface area contributed by atoms with Crippen LogP contribution in [0.25, 0.3) is 0 Å². The number of para-hydroxylation sites is 1. The van der Waals surface area contributed by atoms with Crippen molar-refractivity contribution in [3.8, 4) is 0 Å². The van der Waals surface area contributed by atoms with Crippen LogP contribution in [0, 0.1) is 6.92 Å². The van der Waals surface area contributed by atoms with Gasteiger partial charge in [0.05, 0.1) is 7.11 Å². The Bertz CT molecular complexity index is 537. The van der Waals surface area contributed by atoms with Crippen molar-refractivity contribution in [1.29, 1.82) is 0 Å². The summed E-state index contributed by atoms with van der Waals surface area (Å²) in [6.45, 7) is 2.01. The van der Waals surface area contributed by atoms with Crippen molar-refractivity contribution >= 4 is 28.1 Å². The first-order chi connectivity index (χ1) is 8.20. The normalized spacial score (nSPS) is 10.0. The number of hydrogen-bond donors (Lipinski definition) is 1. The molecule has 1 N–H and O–H groups in total. The number of carbonyl (C=O) groups excluding carboxylic acids is 1. The summed E-state index contributed by atoms with van der Waals surface area (Å²) in [6, 6.07) is 7.90. The van der Waals surface area contributed by atoms with Gasteiger partial charge in [0, 0.05) is 11.1 Å². The number of thiazole rings is 1. The number of aryl methyl sites for hydroxylation is 1. The van der Waals surface area contributed by atoms with Gasteiger partial charge in [-0.1, -0.05) is 18.2 Å². The number of nitrogens with zero attached hydrogens (tertiary/aromatic N) is 1. The zero-order chi connectivity index (χ0) is 12.3. The van der Waals surface area contributed by atoms with E-state index >= 15 is 0 Å². The van der Waals surface area contributed by atoms with Crippen molar-refractivity contribution in [1.82, 2.24) is 4.98 Å². The number of benzene rings is 1. The summed E-state index contributed by atoms with van der Waals surface area (Å²) >= 11 is 1.37. The maximum atomic E-state index is 11.2. The predicted molar refractivity (Wildman–Crippen MR) is 67.9 cm³/mol. The van der Waals surface area contributed by atoms with Gasteiger partial charge in [0.2, 0.25) is 0 Å². The Labute approximate surface area is 103 Å². The van der Waals surface area contributed by atoms with Gasteiger partial charge in [-0.05, 0) is 18.6 Å². The average Bonchev–Trinajstić information content (AvgIpc) is 2.80. The van der Waals surface area contributed by atoms with Crippen molar-refractivity contribution in [3.05, 3.63) is 40.9 Å². The van der Waals surface area contributed by atoms with Crippen LogP contribution in [0.2, 0.25) is 0 Å². The molecule has 0 spiro atoms. The number of ether oxygens (including phenoxy) is 1. The Hall–Kier alpha value is -1.88. The van der Waals surface area contributed by atoms with Crippen molar-refractivity contribution in [3.63, 3.8) is 0 Å². The first-order valence-electron chi connectivity index (χ1n) is 5.07. The molecule has 0 atom stereocenters. The highest BCUT2D eigenvalue weighted by atomic mass is 32.1. The zero-order valence-corrected chi connectivity index (χ0v) is 10.4. The van der Waals surface area contributed by atoms with E-state index in [4.69, 9.17) is 0 Å². The van der Waals surface area contributed by atoms with E-state index in [1.807, 2.05) is 31.2 Å². The fraction of sp³-hybridized carbons (Fsp3) is 0.167. The maximum absolute atomic E-state index is 11.2. The highest BCUT2D eigenvalue weighted by Crippen LogP contribution is 2.23. The molecule has 1 heterocycles. The quantitative estimate of drug-likeness (QED) is 0.848. The lowest BCUT2D eigenvalue weighted by Gasteiger charge is -2.05. The molecule has 2 aromatic rings. The van der Waals surface area contributed by atoms with Crippen LogP contribution in [0.15, 0.2) is 29.6 Å². The topological polar surface area (TPSA) is 51.2 Å². The van der Waals surface area contributed by atoms with Gasteiger partial charge >= 0.3 is 5.97 Å². The van der Waals surface area contributed by atoms with Crippen LogP contribution in [0.1, 0.15) is 16.1 Å². The van der Waals surface area contributed by atoms with Gasteiger partial charge in [-0.15, -0.1) is 11.3 Å². The molecule has 0 aliphatic rings. The molecule has 0 bridgehead atoms. The molecule has 0 aliphatic carbocycles. The zero-order valence-electron chi connectivity index (χ0n) is 9.56. The SMILES string of the molecule is COC(=O)c1csc(Nc2ccccc2C)n1. The molecule has 17 heavy (non-hydrogen) atoms. The third kappa shape index (κ3) is 2.62. The minimum atomic E-state index is -0.418. The number of nitrogens with one attached hydrogen (secondary N) is 1. The van der Waals surface area contributed by atoms with Gasteiger partial charge in [0.15, 0.2) is 10.8 Å². The fourth-order valence-electron chi connectivity index (χ4n) is 1.36. The lowest BCUT2D eigenvalue weighted by molar-refractivity contribution is 0.0595. The molecule has 4 nitrogen and oxygen atoms in total. The Balaban J connectivity index is 2.17. The van der Waals surface area contributed by atoms with Crippen LogP contribution in [-0.2, 0) is 4.74 Å². The molecule has 2 rings (SSSR count). The predicted octanol–water partition coefficient (Wildman–Crippen LogP) is 2.98. The van der Waals surface area contributed by atoms with Gasteiger partial charge in [0.1, 0.15) is 0 Å². The highest BCUT2D eigenvalue weighted by Gasteiger charge is 2.10. The molecule has 0 saturated heterocycles. The summed E-state index contributed by atoms with van der Waals surface area (Å²) in [5.74, 6) is -0.418. The number of methoxy groups -OCH3 is 1. The van der Waals surface area contributed by atoms with E-state index in [1.54, 1.807) is 5.38 Å². The monoisotopic (exact) mass is 248 g/mol. The summed E-state index contributed by atoms with van der Waals surface area (Å²) in [5.41, 5.74) is 2.44. The van der Waals surface area contributed by atoms with E-state index in [-0.39, 0.29) is 0 Å². The van der Waals surface area contributed by atoms with Gasteiger partial charge in [-0.25, -0.2) is 9.78 Å². The fourth-order valence-corrected chi connectivity index (χ4v) is 2.05. The van der Waals surface area contributed by atoms with Crippen molar-refractivity contribution in [2.24, 2.45) is 0 Å². The molecule has 0 saturated carbocycles. The van der Waals surface area contributed by atoms with Crippen LogP contribution < -0.4 is 5.32 Å². The van der Waals surface area contributed by atoms with Crippen LogP contribution in [-0.4, -0.2) is 18.1 Å². The Morgan fingerprint density at radius 2 is 2.18 bits per heavy atom. The molecular formula is C12H12N2O2S. The molecule has 0 amide bonds. The van der Waals surface area contributed by atoms with Crippen molar-refractivity contribution in [2.75, 3.05) is 12.4 Å². The second kappa shape index (κ2) is 4.97. The third-order valence-electron chi connectivity index (χ3n) is 2.29. The van der Waals surface area contributed by atoms with Crippen molar-refractivity contribution < 1.29 is 9.53 Å². The number of rotatable bonds is 3. The molecular weight excluding hydrogens is 236 g/mol. The number of aromatic nitrogens is 1. The standard InChI is InChI=1S/C12H12N2O2S/c1-8-5-3-4-6-9(8)13-12-14-10(7-17-12)11(15)16-2/h3-7H,1-2H3,(H,13,14). The second-order valence-electron chi connectivity index (χ2n) is 3.47. The summed E-state index contributed by atoms with van der Waals surface area (Å²) in [5, 5.41) is 5.52. The maximum Gasteiger partial charge on any atom is 0.357 e. The molecule has 0 radical (unpaired) electrons. The summed E-state index contributed by atoms with van der Waals surface area (Å²) in [6.07, 6.45) is 0. The number of carbonyl (C=O) groups is 1. The molecule has 0 aliphatic heterocycles.